The molecule has 0 spiro atoms. The summed E-state index contributed by atoms with van der Waals surface area (Å²) in [6, 6.07) is 3.44. The first-order chi connectivity index (χ1) is 5.22. The second-order valence-electron chi connectivity index (χ2n) is 2.04. The second kappa shape index (κ2) is 4.29. The van der Waals surface area contributed by atoms with Crippen molar-refractivity contribution in [3.05, 3.63) is 28.0 Å². The monoisotopic (exact) mass is 253 g/mol. The van der Waals surface area contributed by atoms with Crippen LogP contribution in [0, 0.1) is 0 Å². The molecule has 0 aliphatic heterocycles. The van der Waals surface area contributed by atoms with Gasteiger partial charge in [-0.25, -0.2) is 4.98 Å². The van der Waals surface area contributed by atoms with Gasteiger partial charge in [0.2, 0.25) is 0 Å². The Hall–Kier alpha value is 0.210. The molecular formula is C7H6BrCl2N. The standard InChI is InChI=1S/C7H6BrCl2N/c8-2-1-6-3-5(9)4-7(10)11-6/h3-4H,1-2H2. The first kappa shape index (κ1) is 9.30. The molecule has 0 atom stereocenters. The molecule has 1 aromatic rings. The van der Waals surface area contributed by atoms with Crippen LogP contribution in [0.4, 0.5) is 0 Å². The summed E-state index contributed by atoms with van der Waals surface area (Å²) in [5.41, 5.74) is 0.916. The Bertz CT molecular complexity index is 232. The van der Waals surface area contributed by atoms with Gasteiger partial charge < -0.3 is 0 Å². The summed E-state index contributed by atoms with van der Waals surface area (Å²) in [7, 11) is 0. The van der Waals surface area contributed by atoms with Crippen LogP contribution in [0.25, 0.3) is 0 Å². The third-order valence-electron chi connectivity index (χ3n) is 1.16. The maximum atomic E-state index is 5.75. The van der Waals surface area contributed by atoms with Crippen LogP contribution in [0.1, 0.15) is 5.69 Å². The highest BCUT2D eigenvalue weighted by Gasteiger charge is 1.97. The molecule has 0 aliphatic rings. The quantitative estimate of drug-likeness (QED) is 0.583. The number of alkyl halides is 1. The summed E-state index contributed by atoms with van der Waals surface area (Å²) >= 11 is 14.7. The topological polar surface area (TPSA) is 12.9 Å². The fourth-order valence-corrected chi connectivity index (χ4v) is 1.66. The van der Waals surface area contributed by atoms with Crippen LogP contribution in [-0.2, 0) is 6.42 Å². The number of hydrogen-bond acceptors (Lipinski definition) is 1. The summed E-state index contributed by atoms with van der Waals surface area (Å²) in [6.07, 6.45) is 0.847. The Morgan fingerprint density at radius 1 is 1.36 bits per heavy atom. The Balaban J connectivity index is 2.89. The summed E-state index contributed by atoms with van der Waals surface area (Å²) < 4.78 is 0. The number of nitrogens with zero attached hydrogens (tertiary/aromatic N) is 1. The van der Waals surface area contributed by atoms with E-state index in [1.54, 1.807) is 6.07 Å². The zero-order valence-corrected chi connectivity index (χ0v) is 8.75. The van der Waals surface area contributed by atoms with E-state index >= 15 is 0 Å². The largest absolute Gasteiger partial charge is 0.241 e. The van der Waals surface area contributed by atoms with Crippen molar-refractivity contribution < 1.29 is 0 Å². The minimum atomic E-state index is 0.452. The maximum absolute atomic E-state index is 5.75. The Labute approximate surface area is 83.9 Å². The fourth-order valence-electron chi connectivity index (χ4n) is 0.741. The van der Waals surface area contributed by atoms with Crippen molar-refractivity contribution in [2.45, 2.75) is 6.42 Å². The molecule has 0 aromatic carbocycles. The Morgan fingerprint density at radius 3 is 2.64 bits per heavy atom. The van der Waals surface area contributed by atoms with Gasteiger partial charge in [-0.2, -0.15) is 0 Å². The van der Waals surface area contributed by atoms with Gasteiger partial charge >= 0.3 is 0 Å². The maximum Gasteiger partial charge on any atom is 0.130 e. The SMILES string of the molecule is Clc1cc(Cl)nc(CCBr)c1. The summed E-state index contributed by atoms with van der Waals surface area (Å²) in [6.45, 7) is 0. The van der Waals surface area contributed by atoms with Crippen LogP contribution < -0.4 is 0 Å². The molecular weight excluding hydrogens is 249 g/mol. The van der Waals surface area contributed by atoms with Crippen LogP contribution in [0.15, 0.2) is 12.1 Å². The molecule has 1 aromatic heterocycles. The van der Waals surface area contributed by atoms with Crippen LogP contribution >= 0.6 is 39.1 Å². The zero-order chi connectivity index (χ0) is 8.27. The van der Waals surface area contributed by atoms with Crippen LogP contribution in [0.3, 0.4) is 0 Å². The lowest BCUT2D eigenvalue weighted by Crippen LogP contribution is -1.90. The van der Waals surface area contributed by atoms with Gasteiger partial charge in [-0.3, -0.25) is 0 Å². The molecule has 0 saturated carbocycles. The molecule has 0 amide bonds. The van der Waals surface area contributed by atoms with Crippen LogP contribution in [0.5, 0.6) is 0 Å². The molecule has 0 saturated heterocycles. The van der Waals surface area contributed by atoms with E-state index in [1.165, 1.54) is 0 Å². The van der Waals surface area contributed by atoms with Gasteiger partial charge in [-0.05, 0) is 18.6 Å². The molecule has 0 fully saturated rings. The summed E-state index contributed by atoms with van der Waals surface area (Å²) in [5, 5.41) is 1.96. The number of aromatic nitrogens is 1. The highest BCUT2D eigenvalue weighted by atomic mass is 79.9. The average Bonchev–Trinajstić information content (AvgIpc) is 1.85. The van der Waals surface area contributed by atoms with Crippen molar-refractivity contribution >= 4 is 39.1 Å². The van der Waals surface area contributed by atoms with E-state index < -0.39 is 0 Å². The molecule has 0 radical (unpaired) electrons. The molecule has 4 heteroatoms. The molecule has 11 heavy (non-hydrogen) atoms. The second-order valence-corrected chi connectivity index (χ2v) is 3.66. The number of pyridine rings is 1. The third-order valence-corrected chi connectivity index (χ3v) is 1.97. The van der Waals surface area contributed by atoms with Crippen molar-refractivity contribution in [1.29, 1.82) is 0 Å². The fraction of sp³-hybridized carbons (Fsp3) is 0.286. The van der Waals surface area contributed by atoms with Crippen molar-refractivity contribution in [2.24, 2.45) is 0 Å². The summed E-state index contributed by atoms with van der Waals surface area (Å²) in [5.74, 6) is 0. The predicted molar refractivity (Wildman–Crippen MR) is 51.8 cm³/mol. The zero-order valence-electron chi connectivity index (χ0n) is 5.65. The van der Waals surface area contributed by atoms with Crippen molar-refractivity contribution in [3.63, 3.8) is 0 Å². The van der Waals surface area contributed by atoms with E-state index in [9.17, 15) is 0 Å². The highest BCUT2D eigenvalue weighted by molar-refractivity contribution is 9.09. The first-order valence-electron chi connectivity index (χ1n) is 3.10. The van der Waals surface area contributed by atoms with Gasteiger partial charge in [0.15, 0.2) is 0 Å². The molecule has 1 nitrogen and oxygen atoms in total. The molecule has 0 unspecified atom stereocenters. The van der Waals surface area contributed by atoms with Gasteiger partial charge in [-0.15, -0.1) is 0 Å². The van der Waals surface area contributed by atoms with Gasteiger partial charge in [-0.1, -0.05) is 39.1 Å². The highest BCUT2D eigenvalue weighted by Crippen LogP contribution is 2.15. The number of rotatable bonds is 2. The van der Waals surface area contributed by atoms with Crippen molar-refractivity contribution in [2.75, 3.05) is 5.33 Å². The molecule has 1 heterocycles. The lowest BCUT2D eigenvalue weighted by atomic mass is 10.3. The van der Waals surface area contributed by atoms with Crippen molar-refractivity contribution in [1.82, 2.24) is 4.98 Å². The van der Waals surface area contributed by atoms with Gasteiger partial charge in [0.25, 0.3) is 0 Å². The van der Waals surface area contributed by atoms with Gasteiger partial charge in [0, 0.05) is 16.0 Å². The summed E-state index contributed by atoms with van der Waals surface area (Å²) in [4.78, 5) is 4.07. The van der Waals surface area contributed by atoms with E-state index in [2.05, 4.69) is 20.9 Å². The smallest absolute Gasteiger partial charge is 0.130 e. The van der Waals surface area contributed by atoms with Gasteiger partial charge in [0.1, 0.15) is 5.15 Å². The van der Waals surface area contributed by atoms with E-state index in [0.717, 1.165) is 17.4 Å². The predicted octanol–water partition coefficient (Wildman–Crippen LogP) is 3.33. The Morgan fingerprint density at radius 2 is 2.09 bits per heavy atom. The van der Waals surface area contributed by atoms with Gasteiger partial charge in [0.05, 0.1) is 0 Å². The number of aryl methyl sites for hydroxylation is 1. The van der Waals surface area contributed by atoms with E-state index in [-0.39, 0.29) is 0 Å². The average molecular weight is 255 g/mol. The molecule has 60 valence electrons. The van der Waals surface area contributed by atoms with E-state index in [4.69, 9.17) is 23.2 Å². The van der Waals surface area contributed by atoms with Crippen LogP contribution in [0.2, 0.25) is 10.2 Å². The normalized spacial score (nSPS) is 10.1. The lowest BCUT2D eigenvalue weighted by Gasteiger charge is -1.98. The van der Waals surface area contributed by atoms with Crippen LogP contribution in [-0.4, -0.2) is 10.3 Å². The van der Waals surface area contributed by atoms with E-state index in [0.29, 0.717) is 10.2 Å². The first-order valence-corrected chi connectivity index (χ1v) is 4.98. The van der Waals surface area contributed by atoms with E-state index in [1.807, 2.05) is 6.07 Å². The molecule has 0 aliphatic carbocycles. The minimum absolute atomic E-state index is 0.452. The number of hydrogen-bond donors (Lipinski definition) is 0. The van der Waals surface area contributed by atoms with Crippen molar-refractivity contribution in [3.8, 4) is 0 Å². The molecule has 0 N–H and O–H groups in total. The lowest BCUT2D eigenvalue weighted by molar-refractivity contribution is 1.05. The Kier molecular flexibility index (Phi) is 3.63. The minimum Gasteiger partial charge on any atom is -0.241 e. The molecule has 0 bridgehead atoms. The number of halogens is 3. The third kappa shape index (κ3) is 2.97. The molecule has 1 rings (SSSR count).